The number of aromatic nitrogens is 1. The monoisotopic (exact) mass is 272 g/mol. The molecule has 0 radical (unpaired) electrons. The largest absolute Gasteiger partial charge is 0.327 e. The lowest BCUT2D eigenvalue weighted by Crippen LogP contribution is -2.25. The third kappa shape index (κ3) is 2.97. The lowest BCUT2D eigenvalue weighted by Gasteiger charge is -2.08. The number of nitrogens with two attached hydrogens (primary N) is 1. The van der Waals surface area contributed by atoms with Crippen LogP contribution in [0.25, 0.3) is 0 Å². The summed E-state index contributed by atoms with van der Waals surface area (Å²) in [5.74, 6) is 1.76. The van der Waals surface area contributed by atoms with Crippen molar-refractivity contribution < 1.29 is 0 Å². The first-order valence-electron chi connectivity index (χ1n) is 4.75. The van der Waals surface area contributed by atoms with E-state index in [-0.39, 0.29) is 0 Å². The summed E-state index contributed by atoms with van der Waals surface area (Å²) >= 11 is 5.11. The van der Waals surface area contributed by atoms with Crippen LogP contribution in [0.4, 0.5) is 0 Å². The Labute approximate surface area is 96.8 Å². The molecule has 0 aliphatic heterocycles. The van der Waals surface area contributed by atoms with E-state index in [1.807, 2.05) is 18.3 Å². The molecule has 0 spiro atoms. The molecule has 1 saturated carbocycles. The molecule has 2 rings (SSSR count). The highest BCUT2D eigenvalue weighted by Gasteiger charge is 2.28. The second-order valence-corrected chi connectivity index (χ2v) is 5.58. The smallest absolute Gasteiger partial charge is 0.0961 e. The van der Waals surface area contributed by atoms with Gasteiger partial charge in [0, 0.05) is 22.5 Å². The third-order valence-corrected chi connectivity index (χ3v) is 3.91. The standard InChI is InChI=1S/C10H13BrN2S/c11-8-3-4-10(13-5-8)14-6-9(12)7-1-2-7/h3-5,7,9H,1-2,6,12H2. The second-order valence-electron chi connectivity index (χ2n) is 3.63. The molecule has 0 saturated heterocycles. The van der Waals surface area contributed by atoms with E-state index in [0.29, 0.717) is 6.04 Å². The first-order valence-corrected chi connectivity index (χ1v) is 6.53. The Morgan fingerprint density at radius 3 is 2.93 bits per heavy atom. The van der Waals surface area contributed by atoms with Crippen LogP contribution in [0.1, 0.15) is 12.8 Å². The number of rotatable bonds is 4. The quantitative estimate of drug-likeness (QED) is 0.857. The minimum atomic E-state index is 0.352. The van der Waals surface area contributed by atoms with Gasteiger partial charge in [-0.15, -0.1) is 11.8 Å². The first kappa shape index (κ1) is 10.5. The zero-order chi connectivity index (χ0) is 9.97. The van der Waals surface area contributed by atoms with Crippen LogP contribution in [0.5, 0.6) is 0 Å². The summed E-state index contributed by atoms with van der Waals surface area (Å²) in [6, 6.07) is 4.39. The topological polar surface area (TPSA) is 38.9 Å². The van der Waals surface area contributed by atoms with Crippen molar-refractivity contribution in [2.75, 3.05) is 5.75 Å². The van der Waals surface area contributed by atoms with Gasteiger partial charge < -0.3 is 5.73 Å². The van der Waals surface area contributed by atoms with Crippen LogP contribution in [0.15, 0.2) is 27.8 Å². The van der Waals surface area contributed by atoms with Gasteiger partial charge in [0.15, 0.2) is 0 Å². The summed E-state index contributed by atoms with van der Waals surface area (Å²) in [6.07, 6.45) is 4.45. The first-order chi connectivity index (χ1) is 6.75. The highest BCUT2D eigenvalue weighted by molar-refractivity contribution is 9.10. The maximum atomic E-state index is 6.00. The van der Waals surface area contributed by atoms with Crippen LogP contribution >= 0.6 is 27.7 Å². The lowest BCUT2D eigenvalue weighted by molar-refractivity contribution is 0.659. The number of hydrogen-bond donors (Lipinski definition) is 1. The Hall–Kier alpha value is -0.0600. The van der Waals surface area contributed by atoms with Crippen LogP contribution in [0, 0.1) is 5.92 Å². The Balaban J connectivity index is 1.82. The molecule has 4 heteroatoms. The van der Waals surface area contributed by atoms with Gasteiger partial charge in [0.05, 0.1) is 5.03 Å². The van der Waals surface area contributed by atoms with Crippen LogP contribution < -0.4 is 5.73 Å². The van der Waals surface area contributed by atoms with Crippen molar-refractivity contribution in [2.24, 2.45) is 11.7 Å². The fraction of sp³-hybridized carbons (Fsp3) is 0.500. The summed E-state index contributed by atoms with van der Waals surface area (Å²) in [5, 5.41) is 1.06. The molecule has 1 heterocycles. The van der Waals surface area contributed by atoms with Gasteiger partial charge in [0.2, 0.25) is 0 Å². The summed E-state index contributed by atoms with van der Waals surface area (Å²) in [7, 11) is 0. The number of thioether (sulfide) groups is 1. The molecule has 2 nitrogen and oxygen atoms in total. The van der Waals surface area contributed by atoms with E-state index in [1.165, 1.54) is 12.8 Å². The Kier molecular flexibility index (Phi) is 3.47. The van der Waals surface area contributed by atoms with E-state index < -0.39 is 0 Å². The molecule has 14 heavy (non-hydrogen) atoms. The highest BCUT2D eigenvalue weighted by atomic mass is 79.9. The minimum Gasteiger partial charge on any atom is -0.327 e. The maximum Gasteiger partial charge on any atom is 0.0961 e. The molecular weight excluding hydrogens is 260 g/mol. The predicted molar refractivity (Wildman–Crippen MR) is 63.4 cm³/mol. The average molecular weight is 273 g/mol. The molecule has 1 unspecified atom stereocenters. The van der Waals surface area contributed by atoms with Crippen LogP contribution in [0.2, 0.25) is 0 Å². The van der Waals surface area contributed by atoms with Crippen molar-refractivity contribution in [3.63, 3.8) is 0 Å². The van der Waals surface area contributed by atoms with Crippen molar-refractivity contribution in [2.45, 2.75) is 23.9 Å². The van der Waals surface area contributed by atoms with E-state index in [2.05, 4.69) is 20.9 Å². The van der Waals surface area contributed by atoms with Gasteiger partial charge in [-0.25, -0.2) is 4.98 Å². The average Bonchev–Trinajstić information content (AvgIpc) is 3.00. The molecule has 0 bridgehead atoms. The van der Waals surface area contributed by atoms with E-state index in [0.717, 1.165) is 21.2 Å². The molecule has 0 amide bonds. The predicted octanol–water partition coefficient (Wildman–Crippen LogP) is 2.67. The van der Waals surface area contributed by atoms with Gasteiger partial charge in [-0.1, -0.05) is 0 Å². The van der Waals surface area contributed by atoms with Crippen molar-refractivity contribution in [3.05, 3.63) is 22.8 Å². The minimum absolute atomic E-state index is 0.352. The van der Waals surface area contributed by atoms with Gasteiger partial charge in [0.25, 0.3) is 0 Å². The van der Waals surface area contributed by atoms with Crippen molar-refractivity contribution in [3.8, 4) is 0 Å². The fourth-order valence-corrected chi connectivity index (χ4v) is 2.45. The van der Waals surface area contributed by atoms with Gasteiger partial charge in [-0.3, -0.25) is 0 Å². The van der Waals surface area contributed by atoms with Crippen LogP contribution in [0.3, 0.4) is 0 Å². The number of nitrogens with zero attached hydrogens (tertiary/aromatic N) is 1. The summed E-state index contributed by atoms with van der Waals surface area (Å²) in [4.78, 5) is 4.29. The SMILES string of the molecule is NC(CSc1ccc(Br)cn1)C1CC1. The highest BCUT2D eigenvalue weighted by Crippen LogP contribution is 2.33. The molecule has 1 fully saturated rings. The zero-order valence-corrected chi connectivity index (χ0v) is 10.2. The molecule has 1 atom stereocenters. The molecule has 76 valence electrons. The summed E-state index contributed by atoms with van der Waals surface area (Å²) in [5.41, 5.74) is 6.00. The van der Waals surface area contributed by atoms with Gasteiger partial charge in [-0.2, -0.15) is 0 Å². The Morgan fingerprint density at radius 2 is 2.36 bits per heavy atom. The van der Waals surface area contributed by atoms with Gasteiger partial charge in [0.1, 0.15) is 0 Å². The molecule has 1 aromatic rings. The normalized spacial score (nSPS) is 18.1. The maximum absolute atomic E-state index is 6.00. The number of pyridine rings is 1. The van der Waals surface area contributed by atoms with Crippen molar-refractivity contribution in [1.29, 1.82) is 0 Å². The van der Waals surface area contributed by atoms with Crippen LogP contribution in [-0.4, -0.2) is 16.8 Å². The van der Waals surface area contributed by atoms with Crippen molar-refractivity contribution >= 4 is 27.7 Å². The lowest BCUT2D eigenvalue weighted by atomic mass is 10.2. The molecule has 2 N–H and O–H groups in total. The fourth-order valence-electron chi connectivity index (χ4n) is 1.29. The van der Waals surface area contributed by atoms with Gasteiger partial charge >= 0.3 is 0 Å². The number of hydrogen-bond acceptors (Lipinski definition) is 3. The molecule has 1 aliphatic rings. The van der Waals surface area contributed by atoms with Crippen LogP contribution in [-0.2, 0) is 0 Å². The van der Waals surface area contributed by atoms with E-state index in [9.17, 15) is 0 Å². The third-order valence-electron chi connectivity index (χ3n) is 2.35. The molecular formula is C10H13BrN2S. The van der Waals surface area contributed by atoms with E-state index in [4.69, 9.17) is 5.73 Å². The molecule has 1 aromatic heterocycles. The van der Waals surface area contributed by atoms with E-state index in [1.54, 1.807) is 11.8 Å². The van der Waals surface area contributed by atoms with E-state index >= 15 is 0 Å². The summed E-state index contributed by atoms with van der Waals surface area (Å²) in [6.45, 7) is 0. The van der Waals surface area contributed by atoms with Crippen molar-refractivity contribution in [1.82, 2.24) is 4.98 Å². The Bertz CT molecular complexity index is 297. The molecule has 1 aliphatic carbocycles. The molecule has 0 aromatic carbocycles. The Morgan fingerprint density at radius 1 is 1.57 bits per heavy atom. The second kappa shape index (κ2) is 4.64. The summed E-state index contributed by atoms with van der Waals surface area (Å²) < 4.78 is 1.02. The van der Waals surface area contributed by atoms with Gasteiger partial charge in [-0.05, 0) is 46.8 Å². The number of halogens is 1. The zero-order valence-electron chi connectivity index (χ0n) is 7.82.